The molecule has 0 spiro atoms. The van der Waals surface area contributed by atoms with Gasteiger partial charge in [0.2, 0.25) is 5.76 Å². The molecule has 0 fully saturated rings. The first kappa shape index (κ1) is 12.2. The monoisotopic (exact) mass is 228 g/mol. The van der Waals surface area contributed by atoms with Crippen molar-refractivity contribution in [2.75, 3.05) is 0 Å². The first-order valence-corrected chi connectivity index (χ1v) is 6.15. The number of hydrogen-bond acceptors (Lipinski definition) is 3. The Labute approximate surface area is 93.9 Å². The van der Waals surface area contributed by atoms with E-state index in [4.69, 9.17) is 9.52 Å². The SMILES string of the molecule is CCC(CC)SCc1ccc(C(=O)O)o1. The van der Waals surface area contributed by atoms with Crippen molar-refractivity contribution in [2.24, 2.45) is 0 Å². The van der Waals surface area contributed by atoms with E-state index in [0.29, 0.717) is 5.25 Å². The van der Waals surface area contributed by atoms with Gasteiger partial charge in [-0.2, -0.15) is 11.8 Å². The van der Waals surface area contributed by atoms with Gasteiger partial charge in [-0.25, -0.2) is 4.79 Å². The summed E-state index contributed by atoms with van der Waals surface area (Å²) >= 11 is 1.81. The van der Waals surface area contributed by atoms with Gasteiger partial charge in [-0.05, 0) is 25.0 Å². The predicted octanol–water partition coefficient (Wildman–Crippen LogP) is 3.40. The zero-order valence-corrected chi connectivity index (χ0v) is 9.84. The lowest BCUT2D eigenvalue weighted by molar-refractivity contribution is 0.0661. The molecule has 0 atom stereocenters. The van der Waals surface area contributed by atoms with Gasteiger partial charge in [-0.3, -0.25) is 0 Å². The first-order valence-electron chi connectivity index (χ1n) is 5.11. The Hall–Kier alpha value is -0.900. The zero-order chi connectivity index (χ0) is 11.3. The Morgan fingerprint density at radius 2 is 2.13 bits per heavy atom. The highest BCUT2D eigenvalue weighted by molar-refractivity contribution is 7.99. The highest BCUT2D eigenvalue weighted by atomic mass is 32.2. The molecule has 1 rings (SSSR count). The zero-order valence-electron chi connectivity index (χ0n) is 9.03. The number of carboxylic acid groups (broad SMARTS) is 1. The van der Waals surface area contributed by atoms with E-state index in [1.54, 1.807) is 6.07 Å². The van der Waals surface area contributed by atoms with Gasteiger partial charge in [0, 0.05) is 5.25 Å². The summed E-state index contributed by atoms with van der Waals surface area (Å²) in [6, 6.07) is 3.24. The van der Waals surface area contributed by atoms with Crippen molar-refractivity contribution in [1.29, 1.82) is 0 Å². The van der Waals surface area contributed by atoms with Crippen molar-refractivity contribution < 1.29 is 14.3 Å². The van der Waals surface area contributed by atoms with Crippen LogP contribution in [0.3, 0.4) is 0 Å². The minimum atomic E-state index is -1.01. The third-order valence-electron chi connectivity index (χ3n) is 2.24. The van der Waals surface area contributed by atoms with E-state index < -0.39 is 5.97 Å². The van der Waals surface area contributed by atoms with Gasteiger partial charge in [-0.15, -0.1) is 0 Å². The summed E-state index contributed by atoms with van der Waals surface area (Å²) in [5, 5.41) is 9.30. The number of hydrogen-bond donors (Lipinski definition) is 1. The van der Waals surface area contributed by atoms with E-state index in [1.807, 2.05) is 11.8 Å². The molecule has 0 radical (unpaired) electrons. The van der Waals surface area contributed by atoms with Crippen LogP contribution >= 0.6 is 11.8 Å². The van der Waals surface area contributed by atoms with E-state index in [-0.39, 0.29) is 5.76 Å². The van der Waals surface area contributed by atoms with Crippen LogP contribution in [0.2, 0.25) is 0 Å². The molecule has 1 N–H and O–H groups in total. The Bertz CT molecular complexity index is 315. The number of carbonyl (C=O) groups is 1. The highest BCUT2D eigenvalue weighted by Crippen LogP contribution is 2.23. The Morgan fingerprint density at radius 1 is 1.47 bits per heavy atom. The van der Waals surface area contributed by atoms with Crippen molar-refractivity contribution in [1.82, 2.24) is 0 Å². The number of furan rings is 1. The molecule has 1 aromatic heterocycles. The summed E-state index contributed by atoms with van der Waals surface area (Å²) in [6.45, 7) is 4.32. The average Bonchev–Trinajstić information content (AvgIpc) is 2.68. The van der Waals surface area contributed by atoms with Gasteiger partial charge in [0.05, 0.1) is 5.75 Å². The fraction of sp³-hybridized carbons (Fsp3) is 0.545. The highest BCUT2D eigenvalue weighted by Gasteiger charge is 2.10. The lowest BCUT2D eigenvalue weighted by Gasteiger charge is -2.09. The van der Waals surface area contributed by atoms with Crippen LogP contribution in [0.15, 0.2) is 16.5 Å². The van der Waals surface area contributed by atoms with Gasteiger partial charge in [0.1, 0.15) is 5.76 Å². The summed E-state index contributed by atoms with van der Waals surface area (Å²) in [4.78, 5) is 10.6. The third-order valence-corrected chi connectivity index (χ3v) is 3.83. The Kier molecular flexibility index (Phi) is 4.75. The van der Waals surface area contributed by atoms with E-state index in [2.05, 4.69) is 13.8 Å². The molecule has 0 aliphatic carbocycles. The molecule has 0 unspecified atom stereocenters. The van der Waals surface area contributed by atoms with Crippen LogP contribution in [-0.2, 0) is 5.75 Å². The molecule has 0 aliphatic rings. The van der Waals surface area contributed by atoms with Crippen molar-refractivity contribution in [3.8, 4) is 0 Å². The van der Waals surface area contributed by atoms with Gasteiger partial charge in [0.15, 0.2) is 0 Å². The van der Waals surface area contributed by atoms with Gasteiger partial charge in [-0.1, -0.05) is 13.8 Å². The van der Waals surface area contributed by atoms with E-state index in [0.717, 1.165) is 24.4 Å². The molecule has 1 heterocycles. The van der Waals surface area contributed by atoms with E-state index in [1.165, 1.54) is 6.07 Å². The molecule has 1 aromatic rings. The quantitative estimate of drug-likeness (QED) is 0.810. The molecular formula is C11H16O3S. The van der Waals surface area contributed by atoms with Crippen molar-refractivity contribution in [2.45, 2.75) is 37.7 Å². The van der Waals surface area contributed by atoms with Crippen LogP contribution in [0.1, 0.15) is 43.0 Å². The number of aromatic carboxylic acids is 1. The molecule has 3 nitrogen and oxygen atoms in total. The smallest absolute Gasteiger partial charge is 0.371 e. The largest absolute Gasteiger partial charge is 0.475 e. The van der Waals surface area contributed by atoms with Crippen LogP contribution in [0.4, 0.5) is 0 Å². The maximum absolute atomic E-state index is 10.6. The fourth-order valence-electron chi connectivity index (χ4n) is 1.29. The molecular weight excluding hydrogens is 212 g/mol. The molecule has 0 aromatic carbocycles. The molecule has 0 saturated carbocycles. The average molecular weight is 228 g/mol. The van der Waals surface area contributed by atoms with Crippen molar-refractivity contribution in [3.05, 3.63) is 23.7 Å². The molecule has 0 aliphatic heterocycles. The van der Waals surface area contributed by atoms with Crippen LogP contribution in [0, 0.1) is 0 Å². The lowest BCUT2D eigenvalue weighted by Crippen LogP contribution is -1.98. The maximum atomic E-state index is 10.6. The third kappa shape index (κ3) is 3.63. The van der Waals surface area contributed by atoms with E-state index >= 15 is 0 Å². The maximum Gasteiger partial charge on any atom is 0.371 e. The van der Waals surface area contributed by atoms with Crippen LogP contribution < -0.4 is 0 Å². The second kappa shape index (κ2) is 5.85. The summed E-state index contributed by atoms with van der Waals surface area (Å²) in [6.07, 6.45) is 2.27. The van der Waals surface area contributed by atoms with Crippen LogP contribution in [0.25, 0.3) is 0 Å². The van der Waals surface area contributed by atoms with Crippen LogP contribution in [-0.4, -0.2) is 16.3 Å². The fourth-order valence-corrected chi connectivity index (χ4v) is 2.32. The molecule has 0 bridgehead atoms. The minimum absolute atomic E-state index is 0.0233. The van der Waals surface area contributed by atoms with Gasteiger partial charge >= 0.3 is 5.97 Å². The minimum Gasteiger partial charge on any atom is -0.475 e. The van der Waals surface area contributed by atoms with E-state index in [9.17, 15) is 4.79 Å². The Morgan fingerprint density at radius 3 is 2.60 bits per heavy atom. The van der Waals surface area contributed by atoms with Gasteiger partial charge in [0.25, 0.3) is 0 Å². The standard InChI is InChI=1S/C11H16O3S/c1-3-9(4-2)15-7-8-5-6-10(14-8)11(12)13/h5-6,9H,3-4,7H2,1-2H3,(H,12,13). The molecule has 84 valence electrons. The van der Waals surface area contributed by atoms with Crippen molar-refractivity contribution in [3.63, 3.8) is 0 Å². The topological polar surface area (TPSA) is 50.4 Å². The summed E-state index contributed by atoms with van der Waals surface area (Å²) in [5.41, 5.74) is 0. The van der Waals surface area contributed by atoms with Gasteiger partial charge < -0.3 is 9.52 Å². The van der Waals surface area contributed by atoms with Crippen LogP contribution in [0.5, 0.6) is 0 Å². The summed E-state index contributed by atoms with van der Waals surface area (Å²) in [5.74, 6) is 0.507. The molecule has 0 saturated heterocycles. The number of carboxylic acids is 1. The molecule has 15 heavy (non-hydrogen) atoms. The summed E-state index contributed by atoms with van der Waals surface area (Å²) < 4.78 is 5.16. The molecule has 0 amide bonds. The normalized spacial score (nSPS) is 10.9. The predicted molar refractivity (Wildman–Crippen MR) is 61.3 cm³/mol. The number of thioether (sulfide) groups is 1. The van der Waals surface area contributed by atoms with Crippen molar-refractivity contribution >= 4 is 17.7 Å². The Balaban J connectivity index is 2.47. The first-order chi connectivity index (χ1) is 7.17. The summed E-state index contributed by atoms with van der Waals surface area (Å²) in [7, 11) is 0. The molecule has 4 heteroatoms. The lowest BCUT2D eigenvalue weighted by atomic mass is 10.3. The second-order valence-corrected chi connectivity index (χ2v) is 4.61. The number of rotatable bonds is 6. The second-order valence-electron chi connectivity index (χ2n) is 3.32.